The van der Waals surface area contributed by atoms with Gasteiger partial charge < -0.3 is 11.1 Å². The summed E-state index contributed by atoms with van der Waals surface area (Å²) in [4.78, 5) is 7.14. The minimum Gasteiger partial charge on any atom is -0.370 e. The van der Waals surface area contributed by atoms with E-state index in [1.54, 1.807) is 0 Å². The Balaban J connectivity index is 1.95. The van der Waals surface area contributed by atoms with Gasteiger partial charge in [0.05, 0.1) is 6.54 Å². The molecule has 1 heterocycles. The van der Waals surface area contributed by atoms with Gasteiger partial charge in [0.25, 0.3) is 0 Å². The third-order valence-corrected chi connectivity index (χ3v) is 4.44. The molecule has 2 rings (SSSR count). The Bertz CT molecular complexity index is 490. The fourth-order valence-corrected chi connectivity index (χ4v) is 3.07. The van der Waals surface area contributed by atoms with E-state index in [0.29, 0.717) is 17.9 Å². The lowest BCUT2D eigenvalue weighted by Crippen LogP contribution is -2.40. The number of hydrogen-bond acceptors (Lipinski definition) is 2. The van der Waals surface area contributed by atoms with Crippen LogP contribution in [0.2, 0.25) is 0 Å². The predicted octanol–water partition coefficient (Wildman–Crippen LogP) is 3.10. The van der Waals surface area contributed by atoms with Gasteiger partial charge in [0.2, 0.25) is 0 Å². The van der Waals surface area contributed by atoms with Crippen molar-refractivity contribution in [2.24, 2.45) is 16.6 Å². The molecule has 0 spiro atoms. The molecule has 122 valence electrons. The first-order chi connectivity index (χ1) is 10.6. The highest BCUT2D eigenvalue weighted by Gasteiger charge is 2.24. The molecule has 4 nitrogen and oxygen atoms in total. The van der Waals surface area contributed by atoms with E-state index in [4.69, 9.17) is 5.73 Å². The zero-order valence-corrected chi connectivity index (χ0v) is 14.2. The van der Waals surface area contributed by atoms with Crippen LogP contribution in [0.1, 0.15) is 39.2 Å². The summed E-state index contributed by atoms with van der Waals surface area (Å²) in [5, 5.41) is 3.21. The zero-order chi connectivity index (χ0) is 15.9. The van der Waals surface area contributed by atoms with Gasteiger partial charge in [-0.3, -0.25) is 9.89 Å². The van der Waals surface area contributed by atoms with E-state index in [1.807, 2.05) is 6.07 Å². The lowest BCUT2D eigenvalue weighted by atomic mass is 10.0. The van der Waals surface area contributed by atoms with E-state index < -0.39 is 0 Å². The molecule has 4 heteroatoms. The summed E-state index contributed by atoms with van der Waals surface area (Å²) < 4.78 is 0. The smallest absolute Gasteiger partial charge is 0.193 e. The summed E-state index contributed by atoms with van der Waals surface area (Å²) in [6.07, 6.45) is 3.64. The highest BCUT2D eigenvalue weighted by molar-refractivity contribution is 5.92. The second-order valence-electron chi connectivity index (χ2n) is 6.46. The second-order valence-corrected chi connectivity index (χ2v) is 6.46. The topological polar surface area (TPSA) is 53.6 Å². The molecule has 1 aromatic rings. The maximum absolute atomic E-state index is 6.06. The van der Waals surface area contributed by atoms with Gasteiger partial charge in [0, 0.05) is 11.7 Å². The third kappa shape index (κ3) is 4.73. The van der Waals surface area contributed by atoms with E-state index in [2.05, 4.69) is 54.2 Å². The largest absolute Gasteiger partial charge is 0.370 e. The monoisotopic (exact) mass is 302 g/mol. The zero-order valence-electron chi connectivity index (χ0n) is 14.2. The van der Waals surface area contributed by atoms with Crippen molar-refractivity contribution in [2.75, 3.05) is 25.0 Å². The standard InChI is InChI=1S/C18H30N4/c1-4-15-8-7-9-16(12-15)21-18(19)20-13-17(14(2)3)22-10-5-6-11-22/h7-9,12,14,17H,4-6,10-11,13H2,1-3H3,(H3,19,20,21). The van der Waals surface area contributed by atoms with E-state index in [-0.39, 0.29) is 0 Å². The number of aryl methyl sites for hydroxylation is 1. The minimum absolute atomic E-state index is 0.491. The lowest BCUT2D eigenvalue weighted by molar-refractivity contribution is 0.198. The Labute approximate surface area is 134 Å². The Kier molecular flexibility index (Phi) is 6.25. The molecule has 0 aromatic heterocycles. The van der Waals surface area contributed by atoms with Crippen molar-refractivity contribution in [2.45, 2.75) is 46.1 Å². The van der Waals surface area contributed by atoms with Crippen LogP contribution in [0.15, 0.2) is 29.3 Å². The Morgan fingerprint density at radius 2 is 2.05 bits per heavy atom. The van der Waals surface area contributed by atoms with Crippen LogP contribution >= 0.6 is 0 Å². The van der Waals surface area contributed by atoms with E-state index >= 15 is 0 Å². The van der Waals surface area contributed by atoms with Gasteiger partial charge in [-0.1, -0.05) is 32.9 Å². The summed E-state index contributed by atoms with van der Waals surface area (Å²) in [5.41, 5.74) is 8.38. The number of hydrogen-bond donors (Lipinski definition) is 2. The first-order valence-corrected chi connectivity index (χ1v) is 8.50. The molecule has 0 radical (unpaired) electrons. The Hall–Kier alpha value is -1.55. The van der Waals surface area contributed by atoms with Crippen LogP contribution in [0.4, 0.5) is 5.69 Å². The normalized spacial score (nSPS) is 17.9. The third-order valence-electron chi connectivity index (χ3n) is 4.44. The van der Waals surface area contributed by atoms with Crippen LogP contribution in [0.3, 0.4) is 0 Å². The maximum Gasteiger partial charge on any atom is 0.193 e. The van der Waals surface area contributed by atoms with Gasteiger partial charge in [-0.05, 0) is 56.0 Å². The lowest BCUT2D eigenvalue weighted by Gasteiger charge is -2.29. The van der Waals surface area contributed by atoms with Gasteiger partial charge in [-0.15, -0.1) is 0 Å². The first kappa shape index (κ1) is 16.8. The molecule has 1 saturated heterocycles. The fourth-order valence-electron chi connectivity index (χ4n) is 3.07. The molecule has 22 heavy (non-hydrogen) atoms. The van der Waals surface area contributed by atoms with E-state index in [1.165, 1.54) is 31.5 Å². The number of anilines is 1. The van der Waals surface area contributed by atoms with Crippen molar-refractivity contribution < 1.29 is 0 Å². The minimum atomic E-state index is 0.491. The number of benzene rings is 1. The van der Waals surface area contributed by atoms with Crippen molar-refractivity contribution in [1.82, 2.24) is 4.90 Å². The maximum atomic E-state index is 6.06. The second kappa shape index (κ2) is 8.18. The molecule has 1 aliphatic rings. The van der Waals surface area contributed by atoms with Crippen LogP contribution in [0.25, 0.3) is 0 Å². The number of likely N-dealkylation sites (tertiary alicyclic amines) is 1. The average Bonchev–Trinajstić information content (AvgIpc) is 3.01. The van der Waals surface area contributed by atoms with Crippen LogP contribution < -0.4 is 11.1 Å². The van der Waals surface area contributed by atoms with Gasteiger partial charge in [-0.25, -0.2) is 0 Å². The van der Waals surface area contributed by atoms with Crippen molar-refractivity contribution in [3.63, 3.8) is 0 Å². The van der Waals surface area contributed by atoms with E-state index in [0.717, 1.165) is 18.7 Å². The molecule has 1 aromatic carbocycles. The summed E-state index contributed by atoms with van der Waals surface area (Å²) in [6, 6.07) is 8.82. The first-order valence-electron chi connectivity index (χ1n) is 8.50. The molecule has 1 unspecified atom stereocenters. The highest BCUT2D eigenvalue weighted by Crippen LogP contribution is 2.18. The number of aliphatic imine (C=N–C) groups is 1. The molecule has 0 amide bonds. The van der Waals surface area contributed by atoms with Crippen molar-refractivity contribution in [3.8, 4) is 0 Å². The van der Waals surface area contributed by atoms with Crippen molar-refractivity contribution in [1.29, 1.82) is 0 Å². The van der Waals surface area contributed by atoms with Crippen LogP contribution in [-0.4, -0.2) is 36.5 Å². The Morgan fingerprint density at radius 1 is 1.32 bits per heavy atom. The molecule has 1 fully saturated rings. The number of guanidine groups is 1. The predicted molar refractivity (Wildman–Crippen MR) is 95.4 cm³/mol. The van der Waals surface area contributed by atoms with E-state index in [9.17, 15) is 0 Å². The number of rotatable bonds is 6. The molecule has 1 aliphatic heterocycles. The molecule has 1 atom stereocenters. The molecule has 0 saturated carbocycles. The summed E-state index contributed by atoms with van der Waals surface area (Å²) >= 11 is 0. The van der Waals surface area contributed by atoms with Crippen LogP contribution in [0, 0.1) is 5.92 Å². The van der Waals surface area contributed by atoms with Crippen molar-refractivity contribution >= 4 is 11.6 Å². The molecule has 0 aliphatic carbocycles. The van der Waals surface area contributed by atoms with Crippen LogP contribution in [-0.2, 0) is 6.42 Å². The SMILES string of the molecule is CCc1cccc(NC(N)=NCC(C(C)C)N2CCCC2)c1. The van der Waals surface area contributed by atoms with Gasteiger partial charge in [0.15, 0.2) is 5.96 Å². The number of nitrogens with one attached hydrogen (secondary N) is 1. The van der Waals surface area contributed by atoms with Gasteiger partial charge >= 0.3 is 0 Å². The highest BCUT2D eigenvalue weighted by atomic mass is 15.2. The molecular formula is C18H30N4. The quantitative estimate of drug-likeness (QED) is 0.627. The Morgan fingerprint density at radius 3 is 2.68 bits per heavy atom. The number of nitrogens with two attached hydrogens (primary N) is 1. The molecule has 0 bridgehead atoms. The fraction of sp³-hybridized carbons (Fsp3) is 0.611. The summed E-state index contributed by atoms with van der Waals surface area (Å²) in [7, 11) is 0. The molecule has 3 N–H and O–H groups in total. The summed E-state index contributed by atoms with van der Waals surface area (Å²) in [5.74, 6) is 1.11. The van der Waals surface area contributed by atoms with Crippen molar-refractivity contribution in [3.05, 3.63) is 29.8 Å². The summed E-state index contributed by atoms with van der Waals surface area (Å²) in [6.45, 7) is 9.86. The number of nitrogens with zero attached hydrogens (tertiary/aromatic N) is 2. The van der Waals surface area contributed by atoms with Crippen LogP contribution in [0.5, 0.6) is 0 Å². The van der Waals surface area contributed by atoms with Gasteiger partial charge in [0.1, 0.15) is 0 Å². The van der Waals surface area contributed by atoms with Gasteiger partial charge in [-0.2, -0.15) is 0 Å². The average molecular weight is 302 g/mol. The molecular weight excluding hydrogens is 272 g/mol.